The lowest BCUT2D eigenvalue weighted by molar-refractivity contribution is -0.280. The van der Waals surface area contributed by atoms with E-state index in [2.05, 4.69) is 36.2 Å². The number of aliphatic hydroxyl groups excluding tert-OH is 1. The van der Waals surface area contributed by atoms with Gasteiger partial charge < -0.3 is 75.1 Å². The van der Waals surface area contributed by atoms with Crippen LogP contribution in [0.2, 0.25) is 0 Å². The van der Waals surface area contributed by atoms with Crippen molar-refractivity contribution in [3.05, 3.63) is 112 Å². The van der Waals surface area contributed by atoms with Gasteiger partial charge in [-0.05, 0) is 59.5 Å². The number of nitrogens with zero attached hydrogens (tertiary/aromatic N) is 8. The van der Waals surface area contributed by atoms with Crippen molar-refractivity contribution in [2.45, 2.75) is 108 Å². The number of benzene rings is 1. The van der Waals surface area contributed by atoms with Crippen molar-refractivity contribution in [3.63, 3.8) is 0 Å². The number of ether oxygens (including phenoxy) is 6. The van der Waals surface area contributed by atoms with Crippen LogP contribution in [0.3, 0.4) is 0 Å². The predicted octanol–water partition coefficient (Wildman–Crippen LogP) is 4.98. The van der Waals surface area contributed by atoms with E-state index in [1.54, 1.807) is 50.4 Å². The Morgan fingerprint density at radius 2 is 1.51 bits per heavy atom. The van der Waals surface area contributed by atoms with Gasteiger partial charge >= 0.3 is 11.9 Å². The van der Waals surface area contributed by atoms with E-state index in [1.165, 1.54) is 54.6 Å². The molecule has 0 radical (unpaired) electrons. The molecule has 8 N–H and O–H groups in total. The number of hydrogen-bond acceptors (Lipinski definition) is 29. The Labute approximate surface area is 541 Å². The van der Waals surface area contributed by atoms with Crippen LogP contribution in [0.1, 0.15) is 125 Å². The molecule has 0 saturated carbocycles. The number of aliphatic hydroxyl groups is 2. The summed E-state index contributed by atoms with van der Waals surface area (Å²) in [7, 11) is 4.86. The van der Waals surface area contributed by atoms with E-state index in [-0.39, 0.29) is 105 Å². The second kappa shape index (κ2) is 25.5. The lowest BCUT2D eigenvalue weighted by Gasteiger charge is -2.48. The maximum absolute atomic E-state index is 15.1. The minimum absolute atomic E-state index is 0.000461. The summed E-state index contributed by atoms with van der Waals surface area (Å²) in [6.45, 7) is 4.37. The zero-order valence-corrected chi connectivity index (χ0v) is 53.6. The van der Waals surface area contributed by atoms with Gasteiger partial charge in [0.2, 0.25) is 5.91 Å². The van der Waals surface area contributed by atoms with E-state index < -0.39 is 127 Å². The van der Waals surface area contributed by atoms with Gasteiger partial charge in [0.1, 0.15) is 120 Å². The summed E-state index contributed by atoms with van der Waals surface area (Å²) >= 11 is 4.72. The van der Waals surface area contributed by atoms with Gasteiger partial charge in [0.05, 0.1) is 43.1 Å². The number of pyridine rings is 1. The van der Waals surface area contributed by atoms with Crippen molar-refractivity contribution >= 4 is 115 Å². The minimum Gasteiger partial charge on any atom is -0.506 e. The number of fused-ring (bicyclic) bond motifs is 15. The largest absolute Gasteiger partial charge is 0.506 e. The summed E-state index contributed by atoms with van der Waals surface area (Å²) in [6.07, 6.45) is -6.90. The molecular formula is C58H56N12O17S5. The molecule has 4 aliphatic rings. The SMILES string of the molecule is COC(C)=C1NC(=O)[C@H]([C@@H](C)O)NC(=O)c2csc(n2)-c2cc(O)c(-c3nc(C=O)cs3)nc2-c2csc(n2)[C@@H]2COC(=O)c3c4c5c(cccc5n3O)COC(=O)[C@@H](O[C@H]3C[C@](C)(O)[C@H](N(C)C)[C@H](C)O3)[C@@H](OC4)[C@H](NC(=O)c3csc1n3)c1nc(cs1)C(=O)N2. The third kappa shape index (κ3) is 12.1. The molecule has 34 heteroatoms. The number of aromatic nitrogens is 7. The van der Waals surface area contributed by atoms with Crippen molar-refractivity contribution in [2.75, 3.05) is 27.8 Å². The molecule has 7 aromatic heterocycles. The maximum atomic E-state index is 15.1. The van der Waals surface area contributed by atoms with Crippen LogP contribution in [0, 0.1) is 0 Å². The Bertz CT molecular complexity index is 4300. The lowest BCUT2D eigenvalue weighted by Crippen LogP contribution is -2.62. The van der Waals surface area contributed by atoms with E-state index in [0.717, 1.165) is 56.7 Å². The number of rotatable bonds is 7. The fraction of sp³-hybridized carbons (Fsp3) is 0.362. The number of amides is 4. The monoisotopic (exact) mass is 1350 g/mol. The molecule has 4 aliphatic heterocycles. The highest BCUT2D eigenvalue weighted by Gasteiger charge is 2.50. The highest BCUT2D eigenvalue weighted by Crippen LogP contribution is 2.43. The van der Waals surface area contributed by atoms with Gasteiger partial charge in [0, 0.05) is 49.8 Å². The van der Waals surface area contributed by atoms with Crippen LogP contribution >= 0.6 is 56.7 Å². The normalized spacial score (nSPS) is 24.9. The first-order chi connectivity index (χ1) is 44.0. The Hall–Kier alpha value is -8.55. The summed E-state index contributed by atoms with van der Waals surface area (Å²) in [5.41, 5.74) is -2.03. The van der Waals surface area contributed by atoms with Crippen LogP contribution in [0.5, 0.6) is 5.75 Å². The van der Waals surface area contributed by atoms with Gasteiger partial charge in [-0.15, -0.1) is 56.7 Å². The first kappa shape index (κ1) is 63.6. The molecule has 10 atom stereocenters. The number of allylic oxidation sites excluding steroid dienone is 1. The minimum atomic E-state index is -1.90. The zero-order chi connectivity index (χ0) is 65.2. The van der Waals surface area contributed by atoms with Crippen molar-refractivity contribution in [2.24, 2.45) is 0 Å². The van der Waals surface area contributed by atoms with E-state index in [9.17, 15) is 44.5 Å². The average Bonchev–Trinajstić information content (AvgIpc) is 1.56. The molecule has 0 spiro atoms. The molecular weight excluding hydrogens is 1300 g/mol. The van der Waals surface area contributed by atoms with Crippen LogP contribution in [-0.4, -0.2) is 178 Å². The number of cyclic esters (lactones) is 2. The second-order valence-electron chi connectivity index (χ2n) is 22.2. The third-order valence-electron chi connectivity index (χ3n) is 15.7. The standard InChI is InChI=1S/C58H56N12O17S5/c1-22(72)38-50(77)67-39(23(2)82-7)53-63-33(21-91-53)49(76)68-42-44-45(87-36-12-58(4,80)46(69(5)6)24(3)86-36)57(79)84-14-25-9-8-10-34-37(25)28(15-83-44)43(70(34)81)56(78)85-16-29(60-47(74)31-20-92-55(42)64-31)52-61-30(18-90-52)40-27(51-62-32(19-89-51)48(75)66-38)11-35(73)41(65-40)54-59-26(13-71)17-88-54/h8-11,13,17-22,24,29,36,38,42,44-46,72-73,80-81H,12,14-16H2,1-7H3,(H,60,74)(H,66,75)(H,67,77)(H,68,76)/t22-,24+,29+,36+,38+,42+,44+,45+,46-,58+/m1/s1. The molecule has 1 aromatic carbocycles. The van der Waals surface area contributed by atoms with Crippen LogP contribution in [-0.2, 0) is 51.2 Å². The molecule has 1 saturated heterocycles. The van der Waals surface area contributed by atoms with E-state index in [1.807, 2.05) is 0 Å². The molecule has 4 amide bonds. The van der Waals surface area contributed by atoms with Gasteiger partial charge in [0.15, 0.2) is 24.4 Å². The number of nitrogens with one attached hydrogen (secondary N) is 4. The zero-order valence-electron chi connectivity index (χ0n) is 49.5. The highest BCUT2D eigenvalue weighted by molar-refractivity contribution is 7.14. The van der Waals surface area contributed by atoms with Gasteiger partial charge in [-0.2, -0.15) is 4.73 Å². The van der Waals surface area contributed by atoms with Gasteiger partial charge in [-0.1, -0.05) is 12.1 Å². The van der Waals surface area contributed by atoms with E-state index in [4.69, 9.17) is 43.4 Å². The molecule has 12 bridgehead atoms. The Balaban J connectivity index is 1.05. The number of thiazole rings is 5. The molecule has 1 fully saturated rings. The fourth-order valence-electron chi connectivity index (χ4n) is 11.4. The number of likely N-dealkylation sites (N-methyl/N-ethyl adjacent to an activating group) is 1. The summed E-state index contributed by atoms with van der Waals surface area (Å²) in [6, 6.07) is 0.868. The van der Waals surface area contributed by atoms with Crippen LogP contribution in [0.4, 0.5) is 0 Å². The number of methoxy groups -OCH3 is 1. The second-order valence-corrected chi connectivity index (χ2v) is 26.5. The molecule has 11 heterocycles. The fourth-order valence-corrected chi connectivity index (χ4v) is 15.6. The number of aldehydes is 1. The first-order valence-corrected chi connectivity index (χ1v) is 32.5. The first-order valence-electron chi connectivity index (χ1n) is 28.1. The topological polar surface area (TPSA) is 389 Å². The summed E-state index contributed by atoms with van der Waals surface area (Å²) in [5.74, 6) is -6.13. The van der Waals surface area contributed by atoms with Crippen molar-refractivity contribution in [1.29, 1.82) is 0 Å². The Kier molecular flexibility index (Phi) is 17.6. The Morgan fingerprint density at radius 3 is 2.23 bits per heavy atom. The highest BCUT2D eigenvalue weighted by atomic mass is 32.1. The van der Waals surface area contributed by atoms with E-state index >= 15 is 9.59 Å². The van der Waals surface area contributed by atoms with Crippen LogP contribution in [0.25, 0.3) is 49.3 Å². The average molecular weight is 1350 g/mol. The number of esters is 2. The summed E-state index contributed by atoms with van der Waals surface area (Å²) in [5, 5.41) is 65.4. The maximum Gasteiger partial charge on any atom is 0.358 e. The molecule has 480 valence electrons. The number of carbonyl (C=O) groups excluding carboxylic acids is 7. The lowest BCUT2D eigenvalue weighted by atomic mass is 9.85. The van der Waals surface area contributed by atoms with Crippen LogP contribution < -0.4 is 21.3 Å². The molecule has 0 unspecified atom stereocenters. The van der Waals surface area contributed by atoms with E-state index in [0.29, 0.717) is 16.6 Å². The van der Waals surface area contributed by atoms with Crippen molar-refractivity contribution in [3.8, 4) is 38.4 Å². The smallest absolute Gasteiger partial charge is 0.358 e. The van der Waals surface area contributed by atoms with Crippen LogP contribution in [0.15, 0.2) is 56.9 Å². The predicted molar refractivity (Wildman–Crippen MR) is 330 cm³/mol. The summed E-state index contributed by atoms with van der Waals surface area (Å²) in [4.78, 5) is 130. The molecule has 8 aromatic rings. The quantitative estimate of drug-likeness (QED) is 0.0451. The number of aromatic hydroxyl groups is 1. The van der Waals surface area contributed by atoms with Gasteiger partial charge in [0.25, 0.3) is 17.7 Å². The van der Waals surface area contributed by atoms with Crippen molar-refractivity contribution in [1.82, 2.24) is 60.8 Å². The summed E-state index contributed by atoms with van der Waals surface area (Å²) < 4.78 is 38.2. The van der Waals surface area contributed by atoms with Gasteiger partial charge in [-0.25, -0.2) is 39.5 Å². The van der Waals surface area contributed by atoms with Gasteiger partial charge in [-0.3, -0.25) is 24.0 Å². The number of hydrogen-bond donors (Lipinski definition) is 8. The van der Waals surface area contributed by atoms with Crippen molar-refractivity contribution < 1.29 is 82.5 Å². The molecule has 29 nitrogen and oxygen atoms in total. The Morgan fingerprint density at radius 1 is 0.837 bits per heavy atom. The third-order valence-corrected chi connectivity index (χ3v) is 20.2. The molecule has 0 aliphatic carbocycles. The molecule has 12 rings (SSSR count). The molecule has 92 heavy (non-hydrogen) atoms. The number of carbonyl (C=O) groups is 7.